The van der Waals surface area contributed by atoms with Crippen molar-refractivity contribution >= 4 is 16.9 Å². The maximum Gasteiger partial charge on any atom is 0.163 e. The summed E-state index contributed by atoms with van der Waals surface area (Å²) in [7, 11) is 1.88. The average molecular weight is 274 g/mol. The normalized spacial score (nSPS) is 17.9. The molecule has 3 heterocycles. The van der Waals surface area contributed by atoms with Gasteiger partial charge in [-0.15, -0.1) is 0 Å². The maximum atomic E-state index is 6.00. The Labute approximate surface area is 119 Å². The lowest BCUT2D eigenvalue weighted by Crippen LogP contribution is -2.33. The summed E-state index contributed by atoms with van der Waals surface area (Å²) >= 11 is 0. The molecule has 0 unspecified atom stereocenters. The van der Waals surface area contributed by atoms with Crippen LogP contribution in [0.1, 0.15) is 32.0 Å². The largest absolute Gasteiger partial charge is 0.383 e. The quantitative estimate of drug-likeness (QED) is 0.919. The molecule has 0 saturated carbocycles. The Morgan fingerprint density at radius 3 is 2.75 bits per heavy atom. The van der Waals surface area contributed by atoms with Gasteiger partial charge in [-0.05, 0) is 31.8 Å². The number of likely N-dealkylation sites (tertiary alicyclic amines) is 1. The van der Waals surface area contributed by atoms with Crippen LogP contribution in [-0.2, 0) is 13.6 Å². The third kappa shape index (κ3) is 2.47. The van der Waals surface area contributed by atoms with Gasteiger partial charge in [-0.2, -0.15) is 5.10 Å². The number of piperidine rings is 1. The predicted molar refractivity (Wildman–Crippen MR) is 79.0 cm³/mol. The van der Waals surface area contributed by atoms with Crippen molar-refractivity contribution in [1.29, 1.82) is 0 Å². The molecule has 2 aromatic rings. The lowest BCUT2D eigenvalue weighted by atomic mass is 9.94. The van der Waals surface area contributed by atoms with Crippen LogP contribution in [0.25, 0.3) is 11.0 Å². The first kappa shape index (κ1) is 13.3. The molecule has 6 heteroatoms. The number of nitrogens with two attached hydrogens (primary N) is 1. The van der Waals surface area contributed by atoms with Crippen LogP contribution in [0.5, 0.6) is 0 Å². The summed E-state index contributed by atoms with van der Waals surface area (Å²) in [5.74, 6) is 2.21. The zero-order valence-electron chi connectivity index (χ0n) is 12.2. The summed E-state index contributed by atoms with van der Waals surface area (Å²) < 4.78 is 1.75. The molecule has 1 fully saturated rings. The summed E-state index contributed by atoms with van der Waals surface area (Å²) in [6, 6.07) is 0. The minimum atomic E-state index is 0.529. The molecule has 0 aliphatic carbocycles. The zero-order chi connectivity index (χ0) is 14.1. The van der Waals surface area contributed by atoms with Gasteiger partial charge in [0, 0.05) is 7.05 Å². The highest BCUT2D eigenvalue weighted by Crippen LogP contribution is 2.22. The Kier molecular flexibility index (Phi) is 3.56. The number of rotatable bonds is 3. The fourth-order valence-electron chi connectivity index (χ4n) is 2.91. The van der Waals surface area contributed by atoms with E-state index < -0.39 is 0 Å². The van der Waals surface area contributed by atoms with E-state index in [1.807, 2.05) is 7.05 Å². The number of aryl methyl sites for hydroxylation is 1. The molecule has 108 valence electrons. The van der Waals surface area contributed by atoms with Gasteiger partial charge in [0.05, 0.1) is 18.1 Å². The second-order valence-electron chi connectivity index (χ2n) is 5.66. The Morgan fingerprint density at radius 2 is 2.05 bits per heavy atom. The molecule has 0 bridgehead atoms. The topological polar surface area (TPSA) is 72.9 Å². The van der Waals surface area contributed by atoms with Crippen LogP contribution >= 0.6 is 0 Å². The molecule has 3 rings (SSSR count). The Bertz CT molecular complexity index is 597. The van der Waals surface area contributed by atoms with E-state index >= 15 is 0 Å². The second-order valence-corrected chi connectivity index (χ2v) is 5.66. The molecule has 0 spiro atoms. The van der Waals surface area contributed by atoms with Crippen LogP contribution in [-0.4, -0.2) is 37.7 Å². The summed E-state index contributed by atoms with van der Waals surface area (Å²) in [5, 5.41) is 5.02. The molecule has 6 nitrogen and oxygen atoms in total. The van der Waals surface area contributed by atoms with Gasteiger partial charge in [0.1, 0.15) is 11.6 Å². The molecule has 0 aromatic carbocycles. The van der Waals surface area contributed by atoms with Crippen LogP contribution in [0.4, 0.5) is 5.82 Å². The highest BCUT2D eigenvalue weighted by molar-refractivity contribution is 5.84. The summed E-state index contributed by atoms with van der Waals surface area (Å²) in [4.78, 5) is 11.4. The number of fused-ring (bicyclic) bond motifs is 1. The number of hydrogen-bond donors (Lipinski definition) is 1. The van der Waals surface area contributed by atoms with Gasteiger partial charge >= 0.3 is 0 Å². The van der Waals surface area contributed by atoms with Crippen molar-refractivity contribution < 1.29 is 0 Å². The molecule has 20 heavy (non-hydrogen) atoms. The van der Waals surface area contributed by atoms with E-state index in [-0.39, 0.29) is 0 Å². The van der Waals surface area contributed by atoms with Crippen molar-refractivity contribution in [2.24, 2.45) is 13.0 Å². The van der Waals surface area contributed by atoms with Crippen LogP contribution in [0.15, 0.2) is 6.20 Å². The Morgan fingerprint density at radius 1 is 1.30 bits per heavy atom. The first-order valence-electron chi connectivity index (χ1n) is 7.33. The standard InChI is InChI=1S/C14H22N6/c1-3-10-4-6-20(7-5-10)9-12-17-13(15)11-8-16-19(2)14(11)18-12/h8,10H,3-7,9H2,1-2H3,(H2,15,17,18). The Hall–Kier alpha value is -1.69. The lowest BCUT2D eigenvalue weighted by Gasteiger charge is -2.30. The van der Waals surface area contributed by atoms with Gasteiger partial charge < -0.3 is 5.73 Å². The first-order valence-corrected chi connectivity index (χ1v) is 7.33. The zero-order valence-corrected chi connectivity index (χ0v) is 12.2. The van der Waals surface area contributed by atoms with Crippen molar-refractivity contribution in [1.82, 2.24) is 24.6 Å². The smallest absolute Gasteiger partial charge is 0.163 e. The Balaban J connectivity index is 1.76. The van der Waals surface area contributed by atoms with Crippen LogP contribution in [0, 0.1) is 5.92 Å². The van der Waals surface area contributed by atoms with E-state index in [4.69, 9.17) is 5.73 Å². The third-order valence-electron chi connectivity index (χ3n) is 4.32. The monoisotopic (exact) mass is 274 g/mol. The van der Waals surface area contributed by atoms with Crippen LogP contribution in [0.2, 0.25) is 0 Å². The molecule has 1 saturated heterocycles. The summed E-state index contributed by atoms with van der Waals surface area (Å²) in [6.07, 6.45) is 5.57. The van der Waals surface area contributed by atoms with Crippen LogP contribution < -0.4 is 5.73 Å². The molecule has 2 N–H and O–H groups in total. The van der Waals surface area contributed by atoms with Crippen LogP contribution in [0.3, 0.4) is 0 Å². The molecule has 0 radical (unpaired) electrons. The first-order chi connectivity index (χ1) is 9.67. The minimum absolute atomic E-state index is 0.529. The van der Waals surface area contributed by atoms with Crippen molar-refractivity contribution in [3.05, 3.63) is 12.0 Å². The van der Waals surface area contributed by atoms with Gasteiger partial charge in [0.25, 0.3) is 0 Å². The van der Waals surface area contributed by atoms with Crippen molar-refractivity contribution in [2.45, 2.75) is 32.7 Å². The van der Waals surface area contributed by atoms with E-state index in [1.165, 1.54) is 19.3 Å². The molecule has 2 aromatic heterocycles. The van der Waals surface area contributed by atoms with E-state index in [0.717, 1.165) is 42.4 Å². The predicted octanol–water partition coefficient (Wildman–Crippen LogP) is 1.57. The number of anilines is 1. The minimum Gasteiger partial charge on any atom is -0.383 e. The van der Waals surface area contributed by atoms with Gasteiger partial charge in [0.15, 0.2) is 5.65 Å². The van der Waals surface area contributed by atoms with E-state index in [2.05, 4.69) is 26.9 Å². The molecule has 1 aliphatic rings. The van der Waals surface area contributed by atoms with Crippen molar-refractivity contribution in [2.75, 3.05) is 18.8 Å². The number of aromatic nitrogens is 4. The van der Waals surface area contributed by atoms with Gasteiger partial charge in [0.2, 0.25) is 0 Å². The van der Waals surface area contributed by atoms with E-state index in [1.54, 1.807) is 10.9 Å². The molecular formula is C14H22N6. The van der Waals surface area contributed by atoms with Gasteiger partial charge in [-0.3, -0.25) is 9.58 Å². The second kappa shape index (κ2) is 5.36. The van der Waals surface area contributed by atoms with E-state index in [0.29, 0.717) is 5.82 Å². The number of nitrogen functional groups attached to an aromatic ring is 1. The molecule has 0 amide bonds. The summed E-state index contributed by atoms with van der Waals surface area (Å²) in [5.41, 5.74) is 6.81. The molecule has 1 aliphatic heterocycles. The van der Waals surface area contributed by atoms with Crippen molar-refractivity contribution in [3.63, 3.8) is 0 Å². The SMILES string of the molecule is CCC1CCN(Cc2nc(N)c3cnn(C)c3n2)CC1. The summed E-state index contributed by atoms with van der Waals surface area (Å²) in [6.45, 7) is 5.32. The molecular weight excluding hydrogens is 252 g/mol. The van der Waals surface area contributed by atoms with Gasteiger partial charge in [-0.1, -0.05) is 13.3 Å². The molecule has 0 atom stereocenters. The number of hydrogen-bond acceptors (Lipinski definition) is 5. The fraction of sp³-hybridized carbons (Fsp3) is 0.643. The maximum absolute atomic E-state index is 6.00. The average Bonchev–Trinajstić information content (AvgIpc) is 2.82. The van der Waals surface area contributed by atoms with Crippen molar-refractivity contribution in [3.8, 4) is 0 Å². The van der Waals surface area contributed by atoms with Gasteiger partial charge in [-0.25, -0.2) is 9.97 Å². The highest BCUT2D eigenvalue weighted by Gasteiger charge is 2.19. The lowest BCUT2D eigenvalue weighted by molar-refractivity contribution is 0.171. The third-order valence-corrected chi connectivity index (χ3v) is 4.32. The highest BCUT2D eigenvalue weighted by atomic mass is 15.3. The number of nitrogens with zero attached hydrogens (tertiary/aromatic N) is 5. The van der Waals surface area contributed by atoms with E-state index in [9.17, 15) is 0 Å². The fourth-order valence-corrected chi connectivity index (χ4v) is 2.91.